The second-order valence-corrected chi connectivity index (χ2v) is 3.09. The molecule has 0 fully saturated rings. The van der Waals surface area contributed by atoms with Crippen LogP contribution in [0.2, 0.25) is 0 Å². The van der Waals surface area contributed by atoms with Crippen LogP contribution in [0.5, 0.6) is 0 Å². The summed E-state index contributed by atoms with van der Waals surface area (Å²) in [5.41, 5.74) is -4.11. The first kappa shape index (κ1) is 12.7. The molecular formula is C8H6F6N2. The maximum atomic E-state index is 12.3. The molecule has 16 heavy (non-hydrogen) atoms. The van der Waals surface area contributed by atoms with Crippen molar-refractivity contribution in [3.8, 4) is 0 Å². The van der Waals surface area contributed by atoms with Gasteiger partial charge >= 0.3 is 12.4 Å². The van der Waals surface area contributed by atoms with E-state index in [9.17, 15) is 26.3 Å². The van der Waals surface area contributed by atoms with Crippen molar-refractivity contribution < 1.29 is 26.3 Å². The predicted octanol–water partition coefficient (Wildman–Crippen LogP) is 3.13. The molecule has 0 saturated heterocycles. The van der Waals surface area contributed by atoms with E-state index >= 15 is 0 Å². The average Bonchev–Trinajstić information content (AvgIpc) is 2.04. The van der Waals surface area contributed by atoms with Gasteiger partial charge in [-0.15, -0.1) is 0 Å². The molecule has 0 saturated carbocycles. The Morgan fingerprint density at radius 1 is 0.750 bits per heavy atom. The Hall–Kier alpha value is -1.34. The predicted molar refractivity (Wildman–Crippen MR) is 41.5 cm³/mol. The lowest BCUT2D eigenvalue weighted by Gasteiger charge is -2.14. The molecule has 1 aromatic rings. The highest BCUT2D eigenvalue weighted by molar-refractivity contribution is 5.28. The summed E-state index contributed by atoms with van der Waals surface area (Å²) in [5.74, 6) is -0.565. The molecule has 0 radical (unpaired) electrons. The zero-order chi connectivity index (χ0) is 12.7. The summed E-state index contributed by atoms with van der Waals surface area (Å²) in [4.78, 5) is 5.96. The van der Waals surface area contributed by atoms with Crippen molar-refractivity contribution in [2.45, 2.75) is 26.2 Å². The number of hydrogen-bond donors (Lipinski definition) is 0. The van der Waals surface area contributed by atoms with E-state index in [4.69, 9.17) is 0 Å². The molecule has 1 aromatic heterocycles. The first-order valence-electron chi connectivity index (χ1n) is 4.03. The molecule has 1 heterocycles. The van der Waals surface area contributed by atoms with E-state index in [1.54, 1.807) is 0 Å². The highest BCUT2D eigenvalue weighted by atomic mass is 19.4. The first-order valence-corrected chi connectivity index (χ1v) is 4.03. The van der Waals surface area contributed by atoms with Crippen molar-refractivity contribution in [1.82, 2.24) is 9.97 Å². The molecule has 0 aliphatic rings. The van der Waals surface area contributed by atoms with Gasteiger partial charge in [0.15, 0.2) is 11.4 Å². The molecule has 0 aromatic carbocycles. The van der Waals surface area contributed by atoms with Crippen molar-refractivity contribution in [3.05, 3.63) is 22.8 Å². The van der Waals surface area contributed by atoms with Gasteiger partial charge in [0.2, 0.25) is 0 Å². The van der Waals surface area contributed by atoms with Gasteiger partial charge in [0.1, 0.15) is 5.82 Å². The fourth-order valence-electron chi connectivity index (χ4n) is 1.18. The zero-order valence-electron chi connectivity index (χ0n) is 8.16. The van der Waals surface area contributed by atoms with Gasteiger partial charge in [-0.25, -0.2) is 9.97 Å². The van der Waals surface area contributed by atoms with Crippen LogP contribution in [0.25, 0.3) is 0 Å². The summed E-state index contributed by atoms with van der Waals surface area (Å²) < 4.78 is 74.0. The lowest BCUT2D eigenvalue weighted by Crippen LogP contribution is -2.19. The second-order valence-electron chi connectivity index (χ2n) is 3.09. The molecule has 90 valence electrons. The normalized spacial score (nSPS) is 13.0. The third-order valence-corrected chi connectivity index (χ3v) is 1.79. The maximum Gasteiger partial charge on any atom is 0.433 e. The van der Waals surface area contributed by atoms with Gasteiger partial charge in [-0.2, -0.15) is 26.3 Å². The molecule has 0 aliphatic carbocycles. The first-order chi connectivity index (χ1) is 7.03. The fourth-order valence-corrected chi connectivity index (χ4v) is 1.18. The smallest absolute Gasteiger partial charge is 0.228 e. The van der Waals surface area contributed by atoms with Crippen LogP contribution in [0, 0.1) is 13.8 Å². The van der Waals surface area contributed by atoms with Gasteiger partial charge in [-0.3, -0.25) is 0 Å². The lowest BCUT2D eigenvalue weighted by atomic mass is 10.1. The SMILES string of the molecule is Cc1nc(C(F)(F)F)c(C)c(C(F)(F)F)n1. The van der Waals surface area contributed by atoms with Crippen LogP contribution in [0.4, 0.5) is 26.3 Å². The van der Waals surface area contributed by atoms with Gasteiger partial charge in [0.25, 0.3) is 0 Å². The van der Waals surface area contributed by atoms with Crippen molar-refractivity contribution in [2.75, 3.05) is 0 Å². The molecule has 0 bridgehead atoms. The highest BCUT2D eigenvalue weighted by Gasteiger charge is 2.42. The molecule has 0 atom stereocenters. The summed E-state index contributed by atoms with van der Waals surface area (Å²) >= 11 is 0. The Kier molecular flexibility index (Phi) is 2.86. The average molecular weight is 244 g/mol. The van der Waals surface area contributed by atoms with Crippen LogP contribution in [-0.2, 0) is 12.4 Å². The molecule has 0 aliphatic heterocycles. The third-order valence-electron chi connectivity index (χ3n) is 1.79. The van der Waals surface area contributed by atoms with E-state index in [-0.39, 0.29) is 0 Å². The summed E-state index contributed by atoms with van der Waals surface area (Å²) in [6.45, 7) is 1.68. The van der Waals surface area contributed by atoms with Crippen molar-refractivity contribution in [3.63, 3.8) is 0 Å². The van der Waals surface area contributed by atoms with E-state index in [1.807, 2.05) is 0 Å². The number of nitrogens with zero attached hydrogens (tertiary/aromatic N) is 2. The molecule has 0 amide bonds. The van der Waals surface area contributed by atoms with Crippen LogP contribution in [0.15, 0.2) is 0 Å². The summed E-state index contributed by atoms with van der Waals surface area (Å²) in [6, 6.07) is 0. The molecular weight excluding hydrogens is 238 g/mol. The van der Waals surface area contributed by atoms with Crippen LogP contribution < -0.4 is 0 Å². The second kappa shape index (κ2) is 3.60. The summed E-state index contributed by atoms with van der Waals surface area (Å²) in [6.07, 6.45) is -9.84. The number of aryl methyl sites for hydroxylation is 1. The van der Waals surface area contributed by atoms with Gasteiger partial charge in [0.05, 0.1) is 0 Å². The number of hydrogen-bond acceptors (Lipinski definition) is 2. The number of alkyl halides is 6. The van der Waals surface area contributed by atoms with E-state index in [0.29, 0.717) is 6.92 Å². The van der Waals surface area contributed by atoms with E-state index < -0.39 is 35.1 Å². The van der Waals surface area contributed by atoms with Gasteiger partial charge in [-0.1, -0.05) is 0 Å². The number of halogens is 6. The van der Waals surface area contributed by atoms with Gasteiger partial charge < -0.3 is 0 Å². The third kappa shape index (κ3) is 2.42. The molecule has 1 rings (SSSR count). The molecule has 2 nitrogen and oxygen atoms in total. The van der Waals surface area contributed by atoms with Gasteiger partial charge in [0, 0.05) is 5.56 Å². The number of aromatic nitrogens is 2. The van der Waals surface area contributed by atoms with E-state index in [0.717, 1.165) is 6.92 Å². The Balaban J connectivity index is 3.51. The Bertz CT molecular complexity index is 371. The monoisotopic (exact) mass is 244 g/mol. The van der Waals surface area contributed by atoms with Crippen LogP contribution >= 0.6 is 0 Å². The zero-order valence-corrected chi connectivity index (χ0v) is 8.16. The minimum atomic E-state index is -4.92. The maximum absolute atomic E-state index is 12.3. The van der Waals surface area contributed by atoms with Crippen molar-refractivity contribution in [1.29, 1.82) is 0 Å². The van der Waals surface area contributed by atoms with Crippen molar-refractivity contribution in [2.24, 2.45) is 0 Å². The minimum Gasteiger partial charge on any atom is -0.228 e. The largest absolute Gasteiger partial charge is 0.433 e. The molecule has 0 unspecified atom stereocenters. The Morgan fingerprint density at radius 2 is 1.06 bits per heavy atom. The topological polar surface area (TPSA) is 25.8 Å². The molecule has 8 heteroatoms. The Labute approximate surface area is 86.3 Å². The Morgan fingerprint density at radius 3 is 1.31 bits per heavy atom. The van der Waals surface area contributed by atoms with Crippen LogP contribution in [0.1, 0.15) is 22.8 Å². The van der Waals surface area contributed by atoms with Crippen LogP contribution in [0.3, 0.4) is 0 Å². The standard InChI is InChI=1S/C8H6F6N2/c1-3-5(7(9,10)11)15-4(2)16-6(3)8(12,13)14/h1-2H3. The number of rotatable bonds is 0. The highest BCUT2D eigenvalue weighted by Crippen LogP contribution is 2.36. The van der Waals surface area contributed by atoms with E-state index in [1.165, 1.54) is 0 Å². The molecule has 0 N–H and O–H groups in total. The fraction of sp³-hybridized carbons (Fsp3) is 0.500. The summed E-state index contributed by atoms with van der Waals surface area (Å²) in [7, 11) is 0. The quantitative estimate of drug-likeness (QED) is 0.655. The summed E-state index contributed by atoms with van der Waals surface area (Å²) in [5, 5.41) is 0. The van der Waals surface area contributed by atoms with Gasteiger partial charge in [-0.05, 0) is 13.8 Å². The van der Waals surface area contributed by atoms with Crippen molar-refractivity contribution >= 4 is 0 Å². The van der Waals surface area contributed by atoms with Crippen LogP contribution in [-0.4, -0.2) is 9.97 Å². The minimum absolute atomic E-state index is 0.565. The lowest BCUT2D eigenvalue weighted by molar-refractivity contribution is -0.148. The molecule has 0 spiro atoms. The van der Waals surface area contributed by atoms with E-state index in [2.05, 4.69) is 9.97 Å².